The topological polar surface area (TPSA) is 45.5 Å². The van der Waals surface area contributed by atoms with Gasteiger partial charge in [0.2, 0.25) is 0 Å². The Hall–Kier alpha value is -2.20. The number of hydrogen-bond donors (Lipinski definition) is 1. The van der Waals surface area contributed by atoms with E-state index in [1.54, 1.807) is 35.4 Å². The van der Waals surface area contributed by atoms with Crippen molar-refractivity contribution in [3.63, 3.8) is 0 Å². The summed E-state index contributed by atoms with van der Waals surface area (Å²) in [7, 11) is 0. The highest BCUT2D eigenvalue weighted by Gasteiger charge is 2.20. The predicted molar refractivity (Wildman–Crippen MR) is 83.3 cm³/mol. The lowest BCUT2D eigenvalue weighted by atomic mass is 10.1. The monoisotopic (exact) mass is 302 g/mol. The second kappa shape index (κ2) is 6.06. The van der Waals surface area contributed by atoms with Crippen LogP contribution in [-0.4, -0.2) is 24.0 Å². The second-order valence-electron chi connectivity index (χ2n) is 4.85. The molecule has 0 saturated carbocycles. The summed E-state index contributed by atoms with van der Waals surface area (Å²) in [4.78, 5) is 14.1. The standard InChI is InChI=1S/C16H15ClN2O2/c17-13-5-7-14(8-6-13)18-16(20)19-9-1-3-12(11-19)15-4-2-10-21-15/h2-8,10H,1,9,11H2,(H,18,20). The van der Waals surface area contributed by atoms with Gasteiger partial charge in [-0.25, -0.2) is 4.79 Å². The van der Waals surface area contributed by atoms with Gasteiger partial charge < -0.3 is 14.6 Å². The molecule has 4 nitrogen and oxygen atoms in total. The van der Waals surface area contributed by atoms with Crippen LogP contribution in [0.15, 0.2) is 53.2 Å². The molecule has 2 amide bonds. The highest BCUT2D eigenvalue weighted by molar-refractivity contribution is 6.30. The van der Waals surface area contributed by atoms with Crippen LogP contribution in [0.1, 0.15) is 12.2 Å². The van der Waals surface area contributed by atoms with Crippen molar-refractivity contribution in [3.8, 4) is 0 Å². The molecule has 21 heavy (non-hydrogen) atoms. The number of furan rings is 1. The van der Waals surface area contributed by atoms with Crippen LogP contribution in [0.2, 0.25) is 5.02 Å². The highest BCUT2D eigenvalue weighted by atomic mass is 35.5. The summed E-state index contributed by atoms with van der Waals surface area (Å²) in [5, 5.41) is 3.52. The van der Waals surface area contributed by atoms with E-state index >= 15 is 0 Å². The van der Waals surface area contributed by atoms with Crippen molar-refractivity contribution in [2.75, 3.05) is 18.4 Å². The number of rotatable bonds is 2. The molecular formula is C16H15ClN2O2. The van der Waals surface area contributed by atoms with Crippen molar-refractivity contribution >= 4 is 28.9 Å². The van der Waals surface area contributed by atoms with Crippen LogP contribution in [0.3, 0.4) is 0 Å². The second-order valence-corrected chi connectivity index (χ2v) is 5.29. The largest absolute Gasteiger partial charge is 0.465 e. The number of urea groups is 1. The van der Waals surface area contributed by atoms with Crippen LogP contribution in [0, 0.1) is 0 Å². The van der Waals surface area contributed by atoms with E-state index in [4.69, 9.17) is 16.0 Å². The van der Waals surface area contributed by atoms with Gasteiger partial charge in [0.25, 0.3) is 0 Å². The lowest BCUT2D eigenvalue weighted by molar-refractivity contribution is 0.217. The maximum absolute atomic E-state index is 12.3. The normalized spacial score (nSPS) is 14.7. The van der Waals surface area contributed by atoms with E-state index in [2.05, 4.69) is 11.4 Å². The summed E-state index contributed by atoms with van der Waals surface area (Å²) < 4.78 is 5.39. The molecule has 2 heterocycles. The average molecular weight is 303 g/mol. The molecule has 0 fully saturated rings. The fraction of sp³-hybridized carbons (Fsp3) is 0.188. The van der Waals surface area contributed by atoms with Gasteiger partial charge >= 0.3 is 6.03 Å². The van der Waals surface area contributed by atoms with Gasteiger partial charge in [-0.1, -0.05) is 17.7 Å². The minimum atomic E-state index is -0.116. The van der Waals surface area contributed by atoms with Crippen molar-refractivity contribution < 1.29 is 9.21 Å². The number of nitrogens with zero attached hydrogens (tertiary/aromatic N) is 1. The first-order valence-corrected chi connectivity index (χ1v) is 7.14. The first-order valence-electron chi connectivity index (χ1n) is 6.77. The fourth-order valence-corrected chi connectivity index (χ4v) is 2.42. The molecule has 1 aromatic heterocycles. The summed E-state index contributed by atoms with van der Waals surface area (Å²) in [6.07, 6.45) is 4.58. The molecule has 5 heteroatoms. The molecular weight excluding hydrogens is 288 g/mol. The quantitative estimate of drug-likeness (QED) is 0.901. The minimum Gasteiger partial charge on any atom is -0.465 e. The molecule has 1 aromatic carbocycles. The van der Waals surface area contributed by atoms with Crippen molar-refractivity contribution in [2.45, 2.75) is 6.42 Å². The molecule has 1 aliphatic rings. The van der Waals surface area contributed by atoms with E-state index in [-0.39, 0.29) is 6.03 Å². The molecule has 2 aromatic rings. The smallest absolute Gasteiger partial charge is 0.322 e. The van der Waals surface area contributed by atoms with Gasteiger partial charge in [-0.05, 0) is 42.8 Å². The number of halogens is 1. The number of benzene rings is 1. The highest BCUT2D eigenvalue weighted by Crippen LogP contribution is 2.22. The Morgan fingerprint density at radius 3 is 2.76 bits per heavy atom. The molecule has 0 saturated heterocycles. The molecule has 3 rings (SSSR count). The van der Waals surface area contributed by atoms with Gasteiger partial charge in [0, 0.05) is 22.8 Å². The van der Waals surface area contributed by atoms with Crippen molar-refractivity contribution in [1.29, 1.82) is 0 Å². The Balaban J connectivity index is 1.66. The van der Waals surface area contributed by atoms with E-state index < -0.39 is 0 Å². The maximum atomic E-state index is 12.3. The van der Waals surface area contributed by atoms with Gasteiger partial charge in [0.1, 0.15) is 5.76 Å². The van der Waals surface area contributed by atoms with Gasteiger partial charge in [0.15, 0.2) is 0 Å². The minimum absolute atomic E-state index is 0.116. The number of carbonyl (C=O) groups is 1. The van der Waals surface area contributed by atoms with Crippen LogP contribution in [0.25, 0.3) is 5.57 Å². The molecule has 1 N–H and O–H groups in total. The molecule has 108 valence electrons. The van der Waals surface area contributed by atoms with Crippen LogP contribution >= 0.6 is 11.6 Å². The van der Waals surface area contributed by atoms with E-state index in [9.17, 15) is 4.79 Å². The van der Waals surface area contributed by atoms with Gasteiger partial charge in [-0.15, -0.1) is 0 Å². The summed E-state index contributed by atoms with van der Waals surface area (Å²) >= 11 is 5.83. The molecule has 0 unspecified atom stereocenters. The molecule has 0 atom stereocenters. The summed E-state index contributed by atoms with van der Waals surface area (Å²) in [5.41, 5.74) is 1.77. The van der Waals surface area contributed by atoms with Crippen LogP contribution < -0.4 is 5.32 Å². The van der Waals surface area contributed by atoms with Crippen LogP contribution in [0.4, 0.5) is 10.5 Å². The van der Waals surface area contributed by atoms with Gasteiger partial charge in [-0.3, -0.25) is 0 Å². The molecule has 0 bridgehead atoms. The Kier molecular flexibility index (Phi) is 3.97. The van der Waals surface area contributed by atoms with Crippen molar-refractivity contribution in [2.24, 2.45) is 0 Å². The first kappa shape index (κ1) is 13.8. The van der Waals surface area contributed by atoms with Crippen molar-refractivity contribution in [3.05, 3.63) is 59.5 Å². The molecule has 0 radical (unpaired) electrons. The maximum Gasteiger partial charge on any atom is 0.322 e. The Bertz CT molecular complexity index is 647. The number of hydrogen-bond acceptors (Lipinski definition) is 2. The zero-order chi connectivity index (χ0) is 14.7. The van der Waals surface area contributed by atoms with E-state index in [1.807, 2.05) is 12.1 Å². The molecule has 0 aliphatic carbocycles. The fourth-order valence-electron chi connectivity index (χ4n) is 2.29. The Labute approximate surface area is 128 Å². The average Bonchev–Trinajstić information content (AvgIpc) is 3.04. The third-order valence-electron chi connectivity index (χ3n) is 3.37. The summed E-state index contributed by atoms with van der Waals surface area (Å²) in [6.45, 7) is 1.25. The molecule has 0 spiro atoms. The number of nitrogens with one attached hydrogen (secondary N) is 1. The molecule has 1 aliphatic heterocycles. The van der Waals surface area contributed by atoms with Crippen molar-refractivity contribution in [1.82, 2.24) is 4.90 Å². The zero-order valence-corrected chi connectivity index (χ0v) is 12.1. The number of amides is 2. The van der Waals surface area contributed by atoms with Crippen LogP contribution in [0.5, 0.6) is 0 Å². The summed E-state index contributed by atoms with van der Waals surface area (Å²) in [6, 6.07) is 10.7. The lowest BCUT2D eigenvalue weighted by Crippen LogP contribution is -2.38. The van der Waals surface area contributed by atoms with Crippen LogP contribution in [-0.2, 0) is 0 Å². The summed E-state index contributed by atoms with van der Waals surface area (Å²) in [5.74, 6) is 0.819. The van der Waals surface area contributed by atoms with E-state index in [0.717, 1.165) is 23.4 Å². The van der Waals surface area contributed by atoms with E-state index in [1.165, 1.54) is 0 Å². The van der Waals surface area contributed by atoms with Gasteiger partial charge in [0.05, 0.1) is 12.8 Å². The Morgan fingerprint density at radius 2 is 2.05 bits per heavy atom. The number of anilines is 1. The number of carbonyl (C=O) groups excluding carboxylic acids is 1. The Morgan fingerprint density at radius 1 is 1.24 bits per heavy atom. The lowest BCUT2D eigenvalue weighted by Gasteiger charge is -2.27. The van der Waals surface area contributed by atoms with Gasteiger partial charge in [-0.2, -0.15) is 0 Å². The zero-order valence-electron chi connectivity index (χ0n) is 11.4. The van der Waals surface area contributed by atoms with E-state index in [0.29, 0.717) is 18.1 Å². The SMILES string of the molecule is O=C(Nc1ccc(Cl)cc1)N1CCC=C(c2ccco2)C1. The third-order valence-corrected chi connectivity index (χ3v) is 3.62. The predicted octanol–water partition coefficient (Wildman–Crippen LogP) is 4.25. The first-order chi connectivity index (χ1) is 10.2. The third kappa shape index (κ3) is 3.28.